The lowest BCUT2D eigenvalue weighted by Gasteiger charge is -2.14. The van der Waals surface area contributed by atoms with Crippen LogP contribution in [0.5, 0.6) is 0 Å². The van der Waals surface area contributed by atoms with E-state index in [9.17, 15) is 0 Å². The van der Waals surface area contributed by atoms with Crippen molar-refractivity contribution in [2.45, 2.75) is 0 Å². The second-order valence-electron chi connectivity index (χ2n) is 13.4. The summed E-state index contributed by atoms with van der Waals surface area (Å²) in [5.41, 5.74) is 10.8. The summed E-state index contributed by atoms with van der Waals surface area (Å²) in [4.78, 5) is 10.3. The van der Waals surface area contributed by atoms with Gasteiger partial charge in [-0.1, -0.05) is 140 Å². The zero-order chi connectivity index (χ0) is 34.2. The third kappa shape index (κ3) is 4.21. The van der Waals surface area contributed by atoms with E-state index in [0.29, 0.717) is 0 Å². The van der Waals surface area contributed by atoms with E-state index in [0.717, 1.165) is 50.4 Å². The Bertz CT molecular complexity index is 3160. The molecule has 0 bridgehead atoms. The van der Waals surface area contributed by atoms with Crippen LogP contribution in [-0.2, 0) is 0 Å². The van der Waals surface area contributed by atoms with Crippen LogP contribution in [0.4, 0.5) is 0 Å². The third-order valence-corrected chi connectivity index (χ3v) is 10.5. The fourth-order valence-electron chi connectivity index (χ4n) is 8.22. The normalized spacial score (nSPS) is 11.8. The quantitative estimate of drug-likeness (QED) is 0.188. The van der Waals surface area contributed by atoms with E-state index in [2.05, 4.69) is 173 Å². The number of benzene rings is 8. The van der Waals surface area contributed by atoms with Gasteiger partial charge < -0.3 is 9.13 Å². The van der Waals surface area contributed by atoms with Crippen molar-refractivity contribution in [1.82, 2.24) is 19.1 Å². The minimum Gasteiger partial charge on any atom is -0.307 e. The lowest BCUT2D eigenvalue weighted by atomic mass is 10.0. The van der Waals surface area contributed by atoms with Crippen molar-refractivity contribution in [3.05, 3.63) is 182 Å². The van der Waals surface area contributed by atoms with Gasteiger partial charge in [0, 0.05) is 49.4 Å². The molecule has 3 aromatic heterocycles. The van der Waals surface area contributed by atoms with E-state index in [1.807, 2.05) is 18.2 Å². The van der Waals surface area contributed by atoms with E-state index >= 15 is 0 Å². The summed E-state index contributed by atoms with van der Waals surface area (Å²) in [6.45, 7) is 0. The average Bonchev–Trinajstić information content (AvgIpc) is 3.75. The van der Waals surface area contributed by atoms with E-state index in [1.165, 1.54) is 48.9 Å². The second-order valence-corrected chi connectivity index (χ2v) is 13.4. The highest BCUT2D eigenvalue weighted by Gasteiger charge is 2.23. The van der Waals surface area contributed by atoms with Gasteiger partial charge in [0.1, 0.15) is 0 Å². The molecule has 0 aliphatic carbocycles. The SMILES string of the molecule is c1ccc(-c2nc(-c3ccccc3)c3cc(-n4c5ccccc5c5ccc6c7c8ccccc8ccc7n(-c7ccccc7)c6c54)ccc3n2)cc1. The standard InChI is InChI=1S/C48H30N4/c1-4-15-32(16-5-1)45-40-30-35(25-28-41(40)49-48(50-45)33-17-6-2-7-18-33)52-42-23-13-12-22-37(42)38-26-27-39-44-36-21-11-10-14-31(36)24-29-43(44)51(47(39)46(38)52)34-19-8-3-9-20-34/h1-30H. The number of rotatable bonds is 4. The Morgan fingerprint density at radius 2 is 1.00 bits per heavy atom. The summed E-state index contributed by atoms with van der Waals surface area (Å²) in [5, 5.41) is 8.43. The zero-order valence-electron chi connectivity index (χ0n) is 28.1. The minimum absolute atomic E-state index is 0.720. The molecule has 242 valence electrons. The first kappa shape index (κ1) is 28.8. The van der Waals surface area contributed by atoms with Gasteiger partial charge in [-0.3, -0.25) is 0 Å². The Balaban J connectivity index is 1.29. The number of fused-ring (bicyclic) bond motifs is 10. The fraction of sp³-hybridized carbons (Fsp3) is 0. The van der Waals surface area contributed by atoms with Crippen molar-refractivity contribution >= 4 is 65.3 Å². The van der Waals surface area contributed by atoms with Gasteiger partial charge in [0.25, 0.3) is 0 Å². The second kappa shape index (κ2) is 11.2. The summed E-state index contributed by atoms with van der Waals surface area (Å²) >= 11 is 0. The molecule has 0 aliphatic heterocycles. The number of aromatic nitrogens is 4. The van der Waals surface area contributed by atoms with Crippen LogP contribution in [0.1, 0.15) is 0 Å². The van der Waals surface area contributed by atoms with Gasteiger partial charge in [-0.2, -0.15) is 0 Å². The molecule has 0 amide bonds. The number of para-hydroxylation sites is 2. The van der Waals surface area contributed by atoms with Crippen LogP contribution in [0.2, 0.25) is 0 Å². The Kier molecular flexibility index (Phi) is 6.22. The first-order valence-electron chi connectivity index (χ1n) is 17.7. The van der Waals surface area contributed by atoms with Crippen LogP contribution >= 0.6 is 0 Å². The van der Waals surface area contributed by atoms with Crippen LogP contribution < -0.4 is 0 Å². The van der Waals surface area contributed by atoms with Crippen molar-refractivity contribution in [3.8, 4) is 34.0 Å². The summed E-state index contributed by atoms with van der Waals surface area (Å²) < 4.78 is 4.91. The lowest BCUT2D eigenvalue weighted by Crippen LogP contribution is -2.00. The predicted octanol–water partition coefficient (Wildman–Crippen LogP) is 12.3. The molecule has 0 atom stereocenters. The molecule has 0 saturated heterocycles. The third-order valence-electron chi connectivity index (χ3n) is 10.5. The first-order chi connectivity index (χ1) is 25.8. The topological polar surface area (TPSA) is 35.6 Å². The van der Waals surface area contributed by atoms with Crippen LogP contribution in [0.25, 0.3) is 99.3 Å². The Hall–Kier alpha value is -7.04. The van der Waals surface area contributed by atoms with Crippen LogP contribution in [0.3, 0.4) is 0 Å². The van der Waals surface area contributed by atoms with Gasteiger partial charge in [0.15, 0.2) is 5.82 Å². The molecule has 3 heterocycles. The van der Waals surface area contributed by atoms with E-state index in [-0.39, 0.29) is 0 Å². The van der Waals surface area contributed by atoms with Crippen molar-refractivity contribution in [1.29, 1.82) is 0 Å². The Labute approximate surface area is 299 Å². The van der Waals surface area contributed by atoms with Gasteiger partial charge in [-0.15, -0.1) is 0 Å². The maximum atomic E-state index is 5.23. The average molecular weight is 663 g/mol. The molecule has 4 nitrogen and oxygen atoms in total. The zero-order valence-corrected chi connectivity index (χ0v) is 28.1. The van der Waals surface area contributed by atoms with Crippen molar-refractivity contribution < 1.29 is 0 Å². The molecular weight excluding hydrogens is 633 g/mol. The number of hydrogen-bond acceptors (Lipinski definition) is 2. The molecule has 11 rings (SSSR count). The summed E-state index contributed by atoms with van der Waals surface area (Å²) in [6, 6.07) is 64.8. The van der Waals surface area contributed by atoms with Gasteiger partial charge >= 0.3 is 0 Å². The highest BCUT2D eigenvalue weighted by molar-refractivity contribution is 6.28. The molecule has 0 spiro atoms. The maximum absolute atomic E-state index is 5.23. The molecular formula is C48H30N4. The van der Waals surface area contributed by atoms with Crippen LogP contribution in [-0.4, -0.2) is 19.1 Å². The van der Waals surface area contributed by atoms with Gasteiger partial charge in [-0.25, -0.2) is 9.97 Å². The Morgan fingerprint density at radius 1 is 0.365 bits per heavy atom. The van der Waals surface area contributed by atoms with Gasteiger partial charge in [-0.05, 0) is 53.2 Å². The monoisotopic (exact) mass is 662 g/mol. The van der Waals surface area contributed by atoms with Gasteiger partial charge in [0.05, 0.1) is 33.3 Å². The number of hydrogen-bond donors (Lipinski definition) is 0. The van der Waals surface area contributed by atoms with Crippen LogP contribution in [0, 0.1) is 0 Å². The van der Waals surface area contributed by atoms with Crippen LogP contribution in [0.15, 0.2) is 182 Å². The predicted molar refractivity (Wildman–Crippen MR) is 217 cm³/mol. The highest BCUT2D eigenvalue weighted by Crippen LogP contribution is 2.44. The molecule has 0 unspecified atom stereocenters. The van der Waals surface area contributed by atoms with Crippen molar-refractivity contribution in [3.63, 3.8) is 0 Å². The largest absolute Gasteiger partial charge is 0.307 e. The summed E-state index contributed by atoms with van der Waals surface area (Å²) in [7, 11) is 0. The first-order valence-corrected chi connectivity index (χ1v) is 17.7. The van der Waals surface area contributed by atoms with E-state index in [1.54, 1.807) is 0 Å². The molecule has 4 heteroatoms. The van der Waals surface area contributed by atoms with Gasteiger partial charge in [0.2, 0.25) is 0 Å². The van der Waals surface area contributed by atoms with Crippen molar-refractivity contribution in [2.75, 3.05) is 0 Å². The fourth-order valence-corrected chi connectivity index (χ4v) is 8.22. The molecule has 52 heavy (non-hydrogen) atoms. The van der Waals surface area contributed by atoms with E-state index in [4.69, 9.17) is 9.97 Å². The van der Waals surface area contributed by atoms with Crippen molar-refractivity contribution in [2.24, 2.45) is 0 Å². The number of nitrogens with zero attached hydrogens (tertiary/aromatic N) is 4. The molecule has 0 radical (unpaired) electrons. The minimum atomic E-state index is 0.720. The Morgan fingerprint density at radius 3 is 1.81 bits per heavy atom. The molecule has 8 aromatic carbocycles. The van der Waals surface area contributed by atoms with E-state index < -0.39 is 0 Å². The lowest BCUT2D eigenvalue weighted by molar-refractivity contribution is 1.15. The summed E-state index contributed by atoms with van der Waals surface area (Å²) in [5.74, 6) is 0.720. The molecule has 0 saturated carbocycles. The molecule has 0 aliphatic rings. The maximum Gasteiger partial charge on any atom is 0.160 e. The molecule has 11 aromatic rings. The summed E-state index contributed by atoms with van der Waals surface area (Å²) in [6.07, 6.45) is 0. The molecule has 0 N–H and O–H groups in total. The smallest absolute Gasteiger partial charge is 0.160 e. The highest BCUT2D eigenvalue weighted by atomic mass is 15.0. The molecule has 0 fully saturated rings.